The lowest BCUT2D eigenvalue weighted by atomic mass is 9.76. The lowest BCUT2D eigenvalue weighted by molar-refractivity contribution is -0.385. The summed E-state index contributed by atoms with van der Waals surface area (Å²) in [5.41, 5.74) is 4.42. The first-order chi connectivity index (χ1) is 11.6. The number of hydrogen-bond donors (Lipinski definition) is 1. The molecule has 1 aliphatic carbocycles. The molecule has 0 unspecified atom stereocenters. The van der Waals surface area contributed by atoms with Gasteiger partial charge in [-0.3, -0.25) is 10.1 Å². The molecule has 4 rings (SSSR count). The first kappa shape index (κ1) is 15.4. The number of anilines is 1. The fourth-order valence-electron chi connectivity index (χ4n) is 4.01. The maximum Gasteiger partial charge on any atom is 0.270 e. The van der Waals surface area contributed by atoms with Gasteiger partial charge in [-0.25, -0.2) is 0 Å². The molecule has 2 aromatic rings. The largest absolute Gasteiger partial charge is 0.377 e. The van der Waals surface area contributed by atoms with Crippen molar-refractivity contribution in [2.45, 2.75) is 25.3 Å². The number of fused-ring (bicyclic) bond motifs is 3. The fraction of sp³-hybridized carbons (Fsp3) is 0.263. The normalized spacial score (nSPS) is 24.2. The highest BCUT2D eigenvalue weighted by molar-refractivity contribution is 9.10. The van der Waals surface area contributed by atoms with Gasteiger partial charge in [0.15, 0.2) is 0 Å². The van der Waals surface area contributed by atoms with E-state index in [-0.39, 0.29) is 22.6 Å². The molecule has 2 aromatic carbocycles. The second-order valence-electron chi connectivity index (χ2n) is 6.48. The van der Waals surface area contributed by atoms with Gasteiger partial charge in [-0.15, -0.1) is 0 Å². The van der Waals surface area contributed by atoms with Crippen molar-refractivity contribution in [1.29, 1.82) is 0 Å². The minimum atomic E-state index is -0.305. The number of aryl methyl sites for hydroxylation is 1. The number of rotatable bonds is 2. The summed E-state index contributed by atoms with van der Waals surface area (Å²) in [6, 6.07) is 11.9. The van der Waals surface area contributed by atoms with Crippen molar-refractivity contribution in [3.63, 3.8) is 0 Å². The van der Waals surface area contributed by atoms with Crippen LogP contribution < -0.4 is 5.32 Å². The SMILES string of the molecule is Cc1cc([N+](=O)[O-])cc2c1N[C@H](c1ccccc1Br)[C@H]1CC=C[C@@H]21. The van der Waals surface area contributed by atoms with E-state index in [9.17, 15) is 10.1 Å². The van der Waals surface area contributed by atoms with Crippen LogP contribution in [0.2, 0.25) is 0 Å². The number of nitrogens with zero attached hydrogens (tertiary/aromatic N) is 1. The van der Waals surface area contributed by atoms with Crippen LogP contribution in [0.25, 0.3) is 0 Å². The van der Waals surface area contributed by atoms with Gasteiger partial charge in [0.05, 0.1) is 11.0 Å². The molecule has 1 N–H and O–H groups in total. The van der Waals surface area contributed by atoms with E-state index >= 15 is 0 Å². The number of hydrogen-bond acceptors (Lipinski definition) is 3. The molecule has 2 aliphatic rings. The molecule has 0 radical (unpaired) electrons. The van der Waals surface area contributed by atoms with Crippen molar-refractivity contribution in [2.75, 3.05) is 5.32 Å². The molecule has 1 heterocycles. The average molecular weight is 385 g/mol. The van der Waals surface area contributed by atoms with E-state index in [0.29, 0.717) is 5.92 Å². The molecule has 3 atom stereocenters. The predicted molar refractivity (Wildman–Crippen MR) is 98.3 cm³/mol. The Morgan fingerprint density at radius 1 is 1.25 bits per heavy atom. The molecule has 0 aromatic heterocycles. The molecular weight excluding hydrogens is 368 g/mol. The number of allylic oxidation sites excluding steroid dienone is 2. The Kier molecular flexibility index (Phi) is 3.68. The molecule has 0 saturated carbocycles. The summed E-state index contributed by atoms with van der Waals surface area (Å²) < 4.78 is 1.09. The molecule has 0 spiro atoms. The van der Waals surface area contributed by atoms with Crippen LogP contribution in [0.5, 0.6) is 0 Å². The predicted octanol–water partition coefficient (Wildman–Crippen LogP) is 5.49. The number of nitrogens with one attached hydrogen (secondary N) is 1. The molecular formula is C19H17BrN2O2. The number of nitro benzene ring substituents is 1. The van der Waals surface area contributed by atoms with Crippen molar-refractivity contribution in [3.8, 4) is 0 Å². The van der Waals surface area contributed by atoms with E-state index < -0.39 is 0 Å². The summed E-state index contributed by atoms with van der Waals surface area (Å²) in [5, 5.41) is 14.9. The summed E-state index contributed by atoms with van der Waals surface area (Å²) >= 11 is 3.67. The molecule has 1 aliphatic heterocycles. The molecule has 0 bridgehead atoms. The van der Waals surface area contributed by atoms with Gasteiger partial charge in [0.25, 0.3) is 5.69 Å². The Morgan fingerprint density at radius 2 is 2.04 bits per heavy atom. The van der Waals surface area contributed by atoms with E-state index in [2.05, 4.69) is 51.6 Å². The highest BCUT2D eigenvalue weighted by Gasteiger charge is 2.39. The molecule has 0 fully saturated rings. The van der Waals surface area contributed by atoms with Gasteiger partial charge in [-0.05, 0) is 42.0 Å². The monoisotopic (exact) mass is 384 g/mol. The molecule has 5 heteroatoms. The Morgan fingerprint density at radius 3 is 2.79 bits per heavy atom. The number of benzene rings is 2. The lowest BCUT2D eigenvalue weighted by Gasteiger charge is -2.38. The smallest absolute Gasteiger partial charge is 0.270 e. The van der Waals surface area contributed by atoms with Gasteiger partial charge in [0.1, 0.15) is 0 Å². The lowest BCUT2D eigenvalue weighted by Crippen LogP contribution is -2.30. The molecule has 24 heavy (non-hydrogen) atoms. The van der Waals surface area contributed by atoms with Crippen LogP contribution in [-0.2, 0) is 0 Å². The zero-order chi connectivity index (χ0) is 16.8. The van der Waals surface area contributed by atoms with Gasteiger partial charge in [0, 0.05) is 28.2 Å². The van der Waals surface area contributed by atoms with Crippen LogP contribution in [0.15, 0.2) is 53.0 Å². The fourth-order valence-corrected chi connectivity index (χ4v) is 4.54. The van der Waals surface area contributed by atoms with Gasteiger partial charge in [0.2, 0.25) is 0 Å². The highest BCUT2D eigenvalue weighted by Crippen LogP contribution is 2.52. The second-order valence-corrected chi connectivity index (χ2v) is 7.34. The maximum absolute atomic E-state index is 11.2. The van der Waals surface area contributed by atoms with Crippen molar-refractivity contribution >= 4 is 27.3 Å². The molecule has 4 nitrogen and oxygen atoms in total. The van der Waals surface area contributed by atoms with E-state index in [4.69, 9.17) is 0 Å². The molecule has 122 valence electrons. The number of nitro groups is 1. The summed E-state index contributed by atoms with van der Waals surface area (Å²) in [4.78, 5) is 10.9. The van der Waals surface area contributed by atoms with E-state index in [1.165, 1.54) is 5.56 Å². The van der Waals surface area contributed by atoms with Gasteiger partial charge in [-0.1, -0.05) is 46.3 Å². The summed E-state index contributed by atoms with van der Waals surface area (Å²) in [6.07, 6.45) is 5.38. The van der Waals surface area contributed by atoms with Crippen molar-refractivity contribution in [2.24, 2.45) is 5.92 Å². The highest BCUT2D eigenvalue weighted by atomic mass is 79.9. The Hall–Kier alpha value is -2.14. The van der Waals surface area contributed by atoms with Crippen LogP contribution in [0.1, 0.15) is 35.1 Å². The van der Waals surface area contributed by atoms with E-state index in [1.807, 2.05) is 13.0 Å². The third-order valence-electron chi connectivity index (χ3n) is 5.10. The van der Waals surface area contributed by atoms with Gasteiger partial charge < -0.3 is 5.32 Å². The Bertz CT molecular complexity index is 862. The van der Waals surface area contributed by atoms with Crippen molar-refractivity contribution in [1.82, 2.24) is 0 Å². The zero-order valence-electron chi connectivity index (χ0n) is 13.2. The quantitative estimate of drug-likeness (QED) is 0.422. The van der Waals surface area contributed by atoms with E-state index in [0.717, 1.165) is 27.7 Å². The standard InChI is InChI=1S/C19H17BrN2O2/c1-11-9-12(22(23)24)10-16-13-6-4-7-14(13)19(21-18(11)16)15-5-2-3-8-17(15)20/h2-6,8-10,13-14,19,21H,7H2,1H3/t13-,14+,19+/m1/s1. The number of non-ortho nitro benzene ring substituents is 1. The van der Waals surface area contributed by atoms with Crippen LogP contribution in [0.4, 0.5) is 11.4 Å². The van der Waals surface area contributed by atoms with Crippen LogP contribution in [0.3, 0.4) is 0 Å². The zero-order valence-corrected chi connectivity index (χ0v) is 14.8. The van der Waals surface area contributed by atoms with Crippen LogP contribution >= 0.6 is 15.9 Å². The van der Waals surface area contributed by atoms with Crippen molar-refractivity contribution in [3.05, 3.63) is 79.8 Å². The summed E-state index contributed by atoms with van der Waals surface area (Å²) in [6.45, 7) is 1.94. The minimum absolute atomic E-state index is 0.173. The summed E-state index contributed by atoms with van der Waals surface area (Å²) in [7, 11) is 0. The Balaban J connectivity index is 1.85. The second kappa shape index (κ2) is 5.74. The van der Waals surface area contributed by atoms with Crippen LogP contribution in [0, 0.1) is 23.0 Å². The number of halogens is 1. The van der Waals surface area contributed by atoms with Crippen LogP contribution in [-0.4, -0.2) is 4.92 Å². The third-order valence-corrected chi connectivity index (χ3v) is 5.82. The summed E-state index contributed by atoms with van der Waals surface area (Å²) in [5.74, 6) is 0.592. The minimum Gasteiger partial charge on any atom is -0.377 e. The van der Waals surface area contributed by atoms with Crippen molar-refractivity contribution < 1.29 is 4.92 Å². The topological polar surface area (TPSA) is 55.2 Å². The maximum atomic E-state index is 11.2. The first-order valence-corrected chi connectivity index (χ1v) is 8.82. The Labute approximate surface area is 148 Å². The van der Waals surface area contributed by atoms with E-state index in [1.54, 1.807) is 12.1 Å². The van der Waals surface area contributed by atoms with Gasteiger partial charge >= 0.3 is 0 Å². The average Bonchev–Trinajstić information content (AvgIpc) is 3.05. The first-order valence-electron chi connectivity index (χ1n) is 8.03. The molecule has 0 saturated heterocycles. The molecule has 0 amide bonds. The van der Waals surface area contributed by atoms with Gasteiger partial charge in [-0.2, -0.15) is 0 Å². The third kappa shape index (κ3) is 2.35.